The van der Waals surface area contributed by atoms with Crippen LogP contribution in [0.15, 0.2) is 23.1 Å². The number of unbranched alkanes of at least 4 members (excludes halogenated alkanes) is 4. The highest BCUT2D eigenvalue weighted by Crippen LogP contribution is 2.38. The molecule has 1 N–H and O–H groups in total. The molecule has 0 heterocycles. The summed E-state index contributed by atoms with van der Waals surface area (Å²) in [5.74, 6) is -0.193. The van der Waals surface area contributed by atoms with Crippen molar-refractivity contribution in [2.45, 2.75) is 97.8 Å². The maximum Gasteiger partial charge on any atom is 0.305 e. The minimum atomic E-state index is -0.923. The molecule has 0 fully saturated rings. The zero-order valence-corrected chi connectivity index (χ0v) is 25.1. The number of esters is 1. The largest absolute Gasteiger partial charge is 0.469 e. The molecule has 0 aromatic carbocycles. The number of rotatable bonds is 17. The highest BCUT2D eigenvalue weighted by Gasteiger charge is 2.39. The molecule has 0 bridgehead atoms. The van der Waals surface area contributed by atoms with Crippen LogP contribution in [-0.2, 0) is 18.8 Å². The summed E-state index contributed by atoms with van der Waals surface area (Å²) in [7, 11) is 0.476. The van der Waals surface area contributed by atoms with Crippen molar-refractivity contribution in [3.05, 3.63) is 23.1 Å². The van der Waals surface area contributed by atoms with E-state index in [1.54, 1.807) is 0 Å². The number of thioether (sulfide) groups is 1. The van der Waals surface area contributed by atoms with E-state index in [0.717, 1.165) is 43.6 Å². The van der Waals surface area contributed by atoms with Crippen LogP contribution in [0.1, 0.15) is 78.6 Å². The number of carbonyl (C=O) groups excluding carboxylic acids is 2. The highest BCUT2D eigenvalue weighted by atomic mass is 32.2. The Hall–Kier alpha value is -0.893. The minimum Gasteiger partial charge on any atom is -0.469 e. The maximum absolute atomic E-state index is 13.0. The Kier molecular flexibility index (Phi) is 15.4. The van der Waals surface area contributed by atoms with E-state index in [2.05, 4.69) is 50.8 Å². The lowest BCUT2D eigenvalue weighted by molar-refractivity contribution is -0.140. The average molecular weight is 527 g/mol. The van der Waals surface area contributed by atoms with E-state index in [0.29, 0.717) is 18.8 Å². The van der Waals surface area contributed by atoms with Crippen LogP contribution in [0.3, 0.4) is 0 Å². The zero-order valence-electron chi connectivity index (χ0n) is 23.2. The summed E-state index contributed by atoms with van der Waals surface area (Å²) in [6, 6.07) is 0. The van der Waals surface area contributed by atoms with E-state index >= 15 is 0 Å². The third-order valence-corrected chi connectivity index (χ3v) is 8.52. The Labute approximate surface area is 220 Å². The molecule has 0 aliphatic heterocycles. The summed E-state index contributed by atoms with van der Waals surface area (Å²) < 4.78 is 10.5. The van der Waals surface area contributed by atoms with Gasteiger partial charge in [-0.2, -0.15) is 0 Å². The van der Waals surface area contributed by atoms with Crippen LogP contribution in [0.4, 0.5) is 0 Å². The van der Waals surface area contributed by atoms with Gasteiger partial charge in [-0.05, 0) is 56.4 Å². The Balaban J connectivity index is 2.71. The molecule has 4 unspecified atom stereocenters. The van der Waals surface area contributed by atoms with Crippen molar-refractivity contribution in [2.24, 2.45) is 23.2 Å². The number of carbonyl (C=O) groups is 2. The van der Waals surface area contributed by atoms with Gasteiger partial charge in [0.2, 0.25) is 0 Å². The number of aliphatic hydroxyl groups excluding tert-OH is 1. The summed E-state index contributed by atoms with van der Waals surface area (Å²) in [4.78, 5) is 25.0. The molecule has 5 nitrogen and oxygen atoms in total. The Morgan fingerprint density at radius 2 is 1.80 bits per heavy atom. The third-order valence-electron chi connectivity index (χ3n) is 6.84. The second-order valence-corrected chi connectivity index (χ2v) is 14.4. The van der Waals surface area contributed by atoms with Gasteiger partial charge in [-0.25, -0.2) is 0 Å². The standard InChI is InChI=1S/C28H50O5SSi/c1-28(2,3)22(14-10-9-13-19-33-35(6)7)18-17-21-20-24(34-5)27(31)26(21)23(29)15-11-8-12-16-25(30)32-4/h17-18,20-23,26,29,35H,8-16,19H2,1-7H3. The molecule has 4 atom stereocenters. The molecule has 202 valence electrons. The quantitative estimate of drug-likeness (QED) is 0.104. The lowest BCUT2D eigenvalue weighted by Gasteiger charge is -2.29. The number of methoxy groups -OCH3 is 1. The molecule has 0 aromatic heterocycles. The molecule has 1 rings (SSSR count). The number of ether oxygens (including phenoxy) is 1. The molecule has 0 saturated heterocycles. The van der Waals surface area contributed by atoms with Gasteiger partial charge in [0.25, 0.3) is 0 Å². The molecule has 0 saturated carbocycles. The van der Waals surface area contributed by atoms with Crippen molar-refractivity contribution in [3.8, 4) is 0 Å². The molecule has 0 aromatic rings. The van der Waals surface area contributed by atoms with Crippen LogP contribution in [0.5, 0.6) is 0 Å². The van der Waals surface area contributed by atoms with Crippen molar-refractivity contribution in [2.75, 3.05) is 20.0 Å². The summed E-state index contributed by atoms with van der Waals surface area (Å²) in [6.07, 6.45) is 15.7. The fraction of sp³-hybridized carbons (Fsp3) is 0.786. The number of allylic oxidation sites excluding steroid dienone is 4. The van der Waals surface area contributed by atoms with Gasteiger partial charge in [0, 0.05) is 23.9 Å². The second kappa shape index (κ2) is 16.8. The van der Waals surface area contributed by atoms with E-state index in [1.165, 1.54) is 31.7 Å². The van der Waals surface area contributed by atoms with Crippen LogP contribution >= 0.6 is 11.8 Å². The van der Waals surface area contributed by atoms with E-state index in [1.807, 2.05) is 12.3 Å². The lowest BCUT2D eigenvalue weighted by atomic mass is 9.76. The van der Waals surface area contributed by atoms with Gasteiger partial charge in [0.05, 0.1) is 19.1 Å². The average Bonchev–Trinajstić information content (AvgIpc) is 3.11. The SMILES string of the molecule is COC(=O)CCCCCC(O)C1C(=O)C(SC)=CC1C=CC(CCCCCO[SiH](C)C)C(C)(C)C. The minimum absolute atomic E-state index is 0.0650. The molecular formula is C28H50O5SSi. The van der Waals surface area contributed by atoms with Crippen LogP contribution in [-0.4, -0.2) is 52.0 Å². The van der Waals surface area contributed by atoms with Crippen molar-refractivity contribution in [3.63, 3.8) is 0 Å². The normalized spacial score (nSPS) is 20.5. The Morgan fingerprint density at radius 3 is 2.40 bits per heavy atom. The van der Waals surface area contributed by atoms with Crippen molar-refractivity contribution < 1.29 is 23.9 Å². The molecule has 35 heavy (non-hydrogen) atoms. The number of ketones is 1. The fourth-order valence-electron chi connectivity index (χ4n) is 4.60. The van der Waals surface area contributed by atoms with E-state index in [4.69, 9.17) is 4.43 Å². The number of hydrogen-bond acceptors (Lipinski definition) is 6. The van der Waals surface area contributed by atoms with Gasteiger partial charge < -0.3 is 14.3 Å². The lowest BCUT2D eigenvalue weighted by Crippen LogP contribution is -2.30. The van der Waals surface area contributed by atoms with E-state index in [-0.39, 0.29) is 23.1 Å². The van der Waals surface area contributed by atoms with Gasteiger partial charge in [-0.15, -0.1) is 11.8 Å². The molecular weight excluding hydrogens is 476 g/mol. The molecule has 0 spiro atoms. The van der Waals surface area contributed by atoms with Gasteiger partial charge >= 0.3 is 5.97 Å². The Morgan fingerprint density at radius 1 is 1.14 bits per heavy atom. The van der Waals surface area contributed by atoms with Gasteiger partial charge in [-0.3, -0.25) is 9.59 Å². The molecule has 1 aliphatic rings. The highest BCUT2D eigenvalue weighted by molar-refractivity contribution is 8.03. The summed E-state index contributed by atoms with van der Waals surface area (Å²) in [6.45, 7) is 12.1. The Bertz CT molecular complexity index is 698. The van der Waals surface area contributed by atoms with Crippen molar-refractivity contribution in [1.82, 2.24) is 0 Å². The maximum atomic E-state index is 13.0. The fourth-order valence-corrected chi connectivity index (χ4v) is 5.87. The molecule has 0 amide bonds. The van der Waals surface area contributed by atoms with E-state index in [9.17, 15) is 14.7 Å². The predicted molar refractivity (Wildman–Crippen MR) is 150 cm³/mol. The molecule has 7 heteroatoms. The third kappa shape index (κ3) is 12.3. The first-order valence-corrected chi connectivity index (χ1v) is 17.4. The predicted octanol–water partition coefficient (Wildman–Crippen LogP) is 6.31. The molecule has 0 radical (unpaired) electrons. The van der Waals surface area contributed by atoms with Crippen LogP contribution in [0.2, 0.25) is 13.1 Å². The van der Waals surface area contributed by atoms with Crippen LogP contribution < -0.4 is 0 Å². The van der Waals surface area contributed by atoms with Crippen LogP contribution in [0, 0.1) is 23.2 Å². The van der Waals surface area contributed by atoms with Gasteiger partial charge in [0.1, 0.15) is 0 Å². The second-order valence-electron chi connectivity index (χ2n) is 11.1. The zero-order chi connectivity index (χ0) is 26.4. The van der Waals surface area contributed by atoms with E-state index < -0.39 is 21.1 Å². The smallest absolute Gasteiger partial charge is 0.305 e. The first-order valence-electron chi connectivity index (χ1n) is 13.4. The van der Waals surface area contributed by atoms with Gasteiger partial charge in [-0.1, -0.05) is 64.7 Å². The molecule has 1 aliphatic carbocycles. The number of aliphatic hydroxyl groups is 1. The summed E-state index contributed by atoms with van der Waals surface area (Å²) in [5, 5.41) is 10.9. The summed E-state index contributed by atoms with van der Waals surface area (Å²) >= 11 is 1.47. The first-order chi connectivity index (χ1) is 16.5. The van der Waals surface area contributed by atoms with Crippen LogP contribution in [0.25, 0.3) is 0 Å². The van der Waals surface area contributed by atoms with Gasteiger partial charge in [0.15, 0.2) is 14.8 Å². The first kappa shape index (κ1) is 32.1. The summed E-state index contributed by atoms with van der Waals surface area (Å²) in [5.41, 5.74) is 0.139. The number of Topliss-reactive ketones (excluding diaryl/α,β-unsaturated/α-hetero) is 1. The van der Waals surface area contributed by atoms with Crippen molar-refractivity contribution in [1.29, 1.82) is 0 Å². The number of hydrogen-bond donors (Lipinski definition) is 1. The van der Waals surface area contributed by atoms with Crippen molar-refractivity contribution >= 4 is 32.6 Å². The monoisotopic (exact) mass is 526 g/mol. The topological polar surface area (TPSA) is 72.8 Å².